The molecular weight excluding hydrogens is 527 g/mol. The van der Waals surface area contributed by atoms with Crippen molar-refractivity contribution in [1.29, 1.82) is 5.26 Å². The van der Waals surface area contributed by atoms with Crippen LogP contribution in [-0.4, -0.2) is 43.0 Å². The van der Waals surface area contributed by atoms with Crippen molar-refractivity contribution in [3.63, 3.8) is 0 Å². The van der Waals surface area contributed by atoms with Gasteiger partial charge in [0.2, 0.25) is 11.8 Å². The lowest BCUT2D eigenvalue weighted by molar-refractivity contribution is -0.124. The minimum Gasteiger partial charge on any atom is -0.480 e. The first kappa shape index (κ1) is 27.2. The lowest BCUT2D eigenvalue weighted by Gasteiger charge is -2.14. The van der Waals surface area contributed by atoms with Gasteiger partial charge in [0.15, 0.2) is 0 Å². The number of hydrogen-bond donors (Lipinski definition) is 2. The van der Waals surface area contributed by atoms with Gasteiger partial charge in [0.1, 0.15) is 17.6 Å². The molecule has 0 radical (unpaired) electrons. The number of fused-ring (bicyclic) bond motifs is 1. The fourth-order valence-electron chi connectivity index (χ4n) is 3.90. The predicted octanol–water partition coefficient (Wildman–Crippen LogP) is 2.66. The third kappa shape index (κ3) is 5.55. The van der Waals surface area contributed by atoms with Crippen molar-refractivity contribution < 1.29 is 22.3 Å². The molecule has 0 fully saturated rings. The van der Waals surface area contributed by atoms with Crippen LogP contribution in [0.25, 0.3) is 22.0 Å². The van der Waals surface area contributed by atoms with Crippen molar-refractivity contribution in [1.82, 2.24) is 19.9 Å². The Labute approximate surface area is 223 Å². The first-order valence-electron chi connectivity index (χ1n) is 11.6. The average molecular weight is 551 g/mol. The summed E-state index contributed by atoms with van der Waals surface area (Å²) in [6.45, 7) is 1.84. The molecule has 11 nitrogen and oxygen atoms in total. The average Bonchev–Trinajstić information content (AvgIpc) is 2.93. The number of anilines is 1. The molecule has 4 aromatic rings. The summed E-state index contributed by atoms with van der Waals surface area (Å²) in [5.41, 5.74) is 0.672. The molecule has 0 aliphatic carbocycles. The maximum absolute atomic E-state index is 13.7. The number of nitrogens with one attached hydrogen (secondary N) is 2. The molecule has 2 heterocycles. The Bertz CT molecular complexity index is 1800. The summed E-state index contributed by atoms with van der Waals surface area (Å²) in [5.74, 6) is -1.54. The first-order chi connectivity index (χ1) is 18.6. The zero-order valence-corrected chi connectivity index (χ0v) is 21.9. The van der Waals surface area contributed by atoms with Crippen LogP contribution in [0.5, 0.6) is 5.88 Å². The number of sulfonamides is 1. The van der Waals surface area contributed by atoms with E-state index in [1.54, 1.807) is 31.2 Å². The molecule has 39 heavy (non-hydrogen) atoms. The molecule has 0 aliphatic rings. The fraction of sp³-hybridized carbons (Fsp3) is 0.192. The van der Waals surface area contributed by atoms with E-state index < -0.39 is 27.3 Å². The second kappa shape index (κ2) is 10.9. The van der Waals surface area contributed by atoms with Crippen LogP contribution in [0.15, 0.2) is 64.7 Å². The Kier molecular flexibility index (Phi) is 7.59. The van der Waals surface area contributed by atoms with Crippen molar-refractivity contribution in [2.75, 3.05) is 18.9 Å². The van der Waals surface area contributed by atoms with Gasteiger partial charge in [0.05, 0.1) is 40.7 Å². The van der Waals surface area contributed by atoms with Gasteiger partial charge >= 0.3 is 0 Å². The summed E-state index contributed by atoms with van der Waals surface area (Å²) in [5, 5.41) is 11.9. The molecule has 1 atom stereocenters. The molecular formula is C26H23FN6O5S. The van der Waals surface area contributed by atoms with Gasteiger partial charge in [-0.25, -0.2) is 22.8 Å². The van der Waals surface area contributed by atoms with E-state index in [0.29, 0.717) is 22.0 Å². The predicted molar refractivity (Wildman–Crippen MR) is 141 cm³/mol. The Balaban J connectivity index is 1.73. The molecule has 2 N–H and O–H groups in total. The molecule has 1 amide bonds. The molecule has 0 spiro atoms. The highest BCUT2D eigenvalue weighted by Crippen LogP contribution is 2.31. The Morgan fingerprint density at radius 3 is 2.64 bits per heavy atom. The van der Waals surface area contributed by atoms with Crippen molar-refractivity contribution in [3.8, 4) is 23.1 Å². The Hall–Kier alpha value is -4.83. The summed E-state index contributed by atoms with van der Waals surface area (Å²) in [4.78, 5) is 33.2. The topological polar surface area (TPSA) is 156 Å². The van der Waals surface area contributed by atoms with Gasteiger partial charge in [0.25, 0.3) is 15.6 Å². The van der Waals surface area contributed by atoms with E-state index in [0.717, 1.165) is 18.2 Å². The Morgan fingerprint density at radius 2 is 1.95 bits per heavy atom. The largest absolute Gasteiger partial charge is 0.480 e. The van der Waals surface area contributed by atoms with E-state index in [4.69, 9.17) is 10.00 Å². The van der Waals surface area contributed by atoms with Crippen molar-refractivity contribution in [2.45, 2.75) is 18.4 Å². The zero-order valence-electron chi connectivity index (χ0n) is 21.1. The number of nitrogens with zero attached hydrogens (tertiary/aromatic N) is 4. The van der Waals surface area contributed by atoms with Gasteiger partial charge in [-0.1, -0.05) is 13.0 Å². The number of carbonyl (C=O) groups is 1. The molecule has 0 saturated heterocycles. The molecule has 4 rings (SSSR count). The Morgan fingerprint density at radius 1 is 1.18 bits per heavy atom. The number of amides is 1. The number of benzene rings is 2. The highest BCUT2D eigenvalue weighted by atomic mass is 32.2. The van der Waals surface area contributed by atoms with Crippen molar-refractivity contribution >= 4 is 32.5 Å². The summed E-state index contributed by atoms with van der Waals surface area (Å²) >= 11 is 0. The number of hydrogen-bond acceptors (Lipinski definition) is 8. The quantitative estimate of drug-likeness (QED) is 0.339. The van der Waals surface area contributed by atoms with Gasteiger partial charge in [-0.15, -0.1) is 0 Å². The zero-order chi connectivity index (χ0) is 28.3. The minimum absolute atomic E-state index is 0.0130. The number of carbonyl (C=O) groups excluding carboxylic acids is 1. The van der Waals surface area contributed by atoms with Crippen LogP contribution in [0, 0.1) is 23.1 Å². The smallest absolute Gasteiger partial charge is 0.262 e. The monoisotopic (exact) mass is 550 g/mol. The lowest BCUT2D eigenvalue weighted by Crippen LogP contribution is -2.32. The number of aromatic nitrogens is 3. The summed E-state index contributed by atoms with van der Waals surface area (Å²) in [6, 6.07) is 10.9. The second-order valence-corrected chi connectivity index (χ2v) is 10.3. The van der Waals surface area contributed by atoms with Crippen LogP contribution < -0.4 is 20.3 Å². The highest BCUT2D eigenvalue weighted by molar-refractivity contribution is 7.92. The minimum atomic E-state index is -4.25. The summed E-state index contributed by atoms with van der Waals surface area (Å²) in [7, 11) is -1.41. The molecule has 0 aliphatic heterocycles. The number of nitriles is 1. The number of halogens is 1. The number of rotatable bonds is 8. The summed E-state index contributed by atoms with van der Waals surface area (Å²) in [6.07, 6.45) is 2.84. The van der Waals surface area contributed by atoms with Gasteiger partial charge in [0, 0.05) is 25.4 Å². The molecule has 0 unspecified atom stereocenters. The maximum atomic E-state index is 13.7. The van der Waals surface area contributed by atoms with Crippen molar-refractivity contribution in [3.05, 3.63) is 76.7 Å². The number of ether oxygens (including phenoxy) is 1. The maximum Gasteiger partial charge on any atom is 0.262 e. The molecule has 13 heteroatoms. The number of pyridine rings is 1. The van der Waals surface area contributed by atoms with Gasteiger partial charge in [-0.05, 0) is 42.0 Å². The normalized spacial score (nSPS) is 12.0. The molecule has 2 aromatic heterocycles. The third-order valence-electron chi connectivity index (χ3n) is 5.98. The SMILES string of the molecule is CNC(=O)[C@H](C)Cn1cnc2ccc(-c3cnc(OC)c(NS(=O)(=O)c4ccc(F)c(C#N)c4)c3)cc2c1=O. The van der Waals surface area contributed by atoms with E-state index in [1.165, 1.54) is 37.3 Å². The third-order valence-corrected chi connectivity index (χ3v) is 7.34. The van der Waals surface area contributed by atoms with Crippen LogP contribution in [0.3, 0.4) is 0 Å². The van der Waals surface area contributed by atoms with Crippen LogP contribution in [0.4, 0.5) is 10.1 Å². The van der Waals surface area contributed by atoms with E-state index in [2.05, 4.69) is 20.0 Å². The van der Waals surface area contributed by atoms with Crippen LogP contribution >= 0.6 is 0 Å². The first-order valence-corrected chi connectivity index (χ1v) is 13.0. The van der Waals surface area contributed by atoms with E-state index in [-0.39, 0.29) is 34.5 Å². The summed E-state index contributed by atoms with van der Waals surface area (Å²) < 4.78 is 48.6. The standard InChI is InChI=1S/C26H23FN6O5S/c1-15(24(34)29-2)13-33-14-31-22-7-4-16(9-20(22)26(33)35)18-10-23(25(38-3)30-12-18)32-39(36,37)19-5-6-21(27)17(8-19)11-28/h4-10,12,14-15,32H,13H2,1-3H3,(H,29,34)/t15-/m1/s1. The van der Waals surface area contributed by atoms with E-state index in [9.17, 15) is 22.4 Å². The van der Waals surface area contributed by atoms with Crippen LogP contribution in [0.1, 0.15) is 12.5 Å². The molecule has 0 saturated carbocycles. The molecule has 200 valence electrons. The molecule has 0 bridgehead atoms. The van der Waals surface area contributed by atoms with Gasteiger partial charge in [-0.2, -0.15) is 5.26 Å². The van der Waals surface area contributed by atoms with E-state index >= 15 is 0 Å². The molecule has 2 aromatic carbocycles. The van der Waals surface area contributed by atoms with Crippen molar-refractivity contribution in [2.24, 2.45) is 5.92 Å². The van der Waals surface area contributed by atoms with Gasteiger partial charge in [-0.3, -0.25) is 18.9 Å². The van der Waals surface area contributed by atoms with Crippen LogP contribution in [-0.2, 0) is 21.4 Å². The van der Waals surface area contributed by atoms with Crippen LogP contribution in [0.2, 0.25) is 0 Å². The highest BCUT2D eigenvalue weighted by Gasteiger charge is 2.20. The lowest BCUT2D eigenvalue weighted by atomic mass is 10.0. The van der Waals surface area contributed by atoms with Gasteiger partial charge < -0.3 is 10.1 Å². The second-order valence-electron chi connectivity index (χ2n) is 8.59. The van der Waals surface area contributed by atoms with E-state index in [1.807, 2.05) is 0 Å². The fourth-order valence-corrected chi connectivity index (χ4v) is 4.97. The number of methoxy groups -OCH3 is 1.